The first-order valence-corrected chi connectivity index (χ1v) is 22.6. The Morgan fingerprint density at radius 1 is 0.455 bits per heavy atom. The number of hydrogen-bond acceptors (Lipinski definition) is 2. The molecule has 10 aromatic rings. The Labute approximate surface area is 382 Å². The van der Waals surface area contributed by atoms with E-state index in [1.807, 2.05) is 24.3 Å². The number of aromatic nitrogens is 2. The molecule has 66 heavy (non-hydrogen) atoms. The Morgan fingerprint density at radius 3 is 1.71 bits per heavy atom. The molecule has 0 N–H and O–H groups in total. The number of rotatable bonds is 9. The van der Waals surface area contributed by atoms with Gasteiger partial charge in [0.2, 0.25) is 0 Å². The van der Waals surface area contributed by atoms with E-state index >= 15 is 0 Å². The fourth-order valence-corrected chi connectivity index (χ4v) is 10.2. The topological polar surface area (TPSA) is 16.3 Å². The number of benzene rings is 8. The normalized spacial score (nSPS) is 15.8. The smallest absolute Gasteiger partial charge is 0.123 e. The first-order chi connectivity index (χ1) is 32.6. The molecule has 12 rings (SSSR count). The summed E-state index contributed by atoms with van der Waals surface area (Å²) in [4.78, 5) is 4.51. The van der Waals surface area contributed by atoms with Gasteiger partial charge in [0.05, 0.1) is 23.1 Å². The van der Waals surface area contributed by atoms with Gasteiger partial charge in [-0.15, -0.1) is 0 Å². The lowest BCUT2D eigenvalue weighted by Crippen LogP contribution is -2.30. The van der Waals surface area contributed by atoms with Crippen molar-refractivity contribution < 1.29 is 8.78 Å². The summed E-state index contributed by atoms with van der Waals surface area (Å²) < 4.78 is 33.6. The lowest BCUT2D eigenvalue weighted by atomic mass is 10.0. The van der Waals surface area contributed by atoms with Crippen LogP contribution in [0.25, 0.3) is 60.4 Å². The van der Waals surface area contributed by atoms with Crippen LogP contribution in [0.5, 0.6) is 0 Å². The van der Waals surface area contributed by atoms with E-state index in [0.717, 1.165) is 68.1 Å². The summed E-state index contributed by atoms with van der Waals surface area (Å²) in [5.74, 6) is -0.480. The number of hydrogen-bond donors (Lipinski definition) is 0. The Kier molecular flexibility index (Phi) is 9.79. The van der Waals surface area contributed by atoms with Gasteiger partial charge in [0.15, 0.2) is 0 Å². The molecule has 2 atom stereocenters. The Bertz CT molecular complexity index is 3560. The summed E-state index contributed by atoms with van der Waals surface area (Å²) >= 11 is 0. The molecule has 2 aliphatic rings. The van der Waals surface area contributed by atoms with Crippen LogP contribution >= 0.6 is 0 Å². The predicted octanol–water partition coefficient (Wildman–Crippen LogP) is 16.5. The van der Waals surface area contributed by atoms with Crippen molar-refractivity contribution in [3.8, 4) is 16.8 Å². The van der Waals surface area contributed by atoms with Gasteiger partial charge in [-0.25, -0.2) is 8.78 Å². The first-order valence-electron chi connectivity index (χ1n) is 22.6. The third-order valence-corrected chi connectivity index (χ3v) is 13.2. The zero-order chi connectivity index (χ0) is 44.1. The number of halogens is 2. The van der Waals surface area contributed by atoms with Gasteiger partial charge < -0.3 is 18.9 Å². The summed E-state index contributed by atoms with van der Waals surface area (Å²) in [6.07, 6.45) is 15.5. The van der Waals surface area contributed by atoms with Crippen LogP contribution in [0.1, 0.15) is 18.9 Å². The Morgan fingerprint density at radius 2 is 1.02 bits per heavy atom. The van der Waals surface area contributed by atoms with Crippen LogP contribution in [0.2, 0.25) is 0 Å². The molecule has 2 aliphatic carbocycles. The largest absolute Gasteiger partial charge is 0.334 e. The zero-order valence-corrected chi connectivity index (χ0v) is 36.1. The van der Waals surface area contributed by atoms with Crippen molar-refractivity contribution in [2.24, 2.45) is 0 Å². The van der Waals surface area contributed by atoms with Gasteiger partial charge in [0.1, 0.15) is 11.6 Å². The SMILES string of the molecule is FC1=CCC(N(c2ccc(-c3ccc(N(c4ccc(F)cc4)c4ccc5c(c4)c4ccccc4n5C4C=CC=CC4)cc3)cc2)c2ccc3c(c2)c2ccccc2n3-c2ccccc2)C=C1. The van der Waals surface area contributed by atoms with Crippen LogP contribution in [0, 0.1) is 5.82 Å². The van der Waals surface area contributed by atoms with E-state index in [-0.39, 0.29) is 23.7 Å². The molecule has 0 fully saturated rings. The molecule has 318 valence electrons. The lowest BCUT2D eigenvalue weighted by Gasteiger charge is -2.33. The summed E-state index contributed by atoms with van der Waals surface area (Å²) in [5, 5.41) is 4.71. The van der Waals surface area contributed by atoms with Crippen molar-refractivity contribution in [1.29, 1.82) is 0 Å². The van der Waals surface area contributed by atoms with E-state index < -0.39 is 0 Å². The first kappa shape index (κ1) is 39.4. The Hall–Kier alpha value is -8.22. The number of nitrogens with zero attached hydrogens (tertiary/aromatic N) is 4. The van der Waals surface area contributed by atoms with Crippen molar-refractivity contribution in [2.75, 3.05) is 9.80 Å². The molecule has 0 aliphatic heterocycles. The maximum absolute atomic E-state index is 14.4. The van der Waals surface area contributed by atoms with Crippen LogP contribution in [-0.2, 0) is 0 Å². The molecule has 2 unspecified atom stereocenters. The minimum Gasteiger partial charge on any atom is -0.334 e. The van der Waals surface area contributed by atoms with Crippen LogP contribution in [0.4, 0.5) is 37.2 Å². The molecule has 8 aromatic carbocycles. The second-order valence-corrected chi connectivity index (χ2v) is 17.1. The van der Waals surface area contributed by atoms with Crippen molar-refractivity contribution in [2.45, 2.75) is 24.9 Å². The molecule has 0 radical (unpaired) electrons. The summed E-state index contributed by atoms with van der Waals surface area (Å²) in [7, 11) is 0. The fraction of sp³-hybridized carbons (Fsp3) is 0.0667. The minimum absolute atomic E-state index is 0.0796. The quantitative estimate of drug-likeness (QED) is 0.144. The van der Waals surface area contributed by atoms with E-state index in [0.29, 0.717) is 6.42 Å². The molecule has 2 heterocycles. The van der Waals surface area contributed by atoms with E-state index in [1.54, 1.807) is 12.2 Å². The third-order valence-electron chi connectivity index (χ3n) is 13.2. The highest BCUT2D eigenvalue weighted by Crippen LogP contribution is 2.43. The monoisotopic (exact) mass is 858 g/mol. The molecule has 0 saturated heterocycles. The highest BCUT2D eigenvalue weighted by Gasteiger charge is 2.24. The van der Waals surface area contributed by atoms with Crippen molar-refractivity contribution >= 4 is 72.0 Å². The molecule has 0 bridgehead atoms. The highest BCUT2D eigenvalue weighted by molar-refractivity contribution is 6.11. The van der Waals surface area contributed by atoms with E-state index in [4.69, 9.17) is 0 Å². The standard InChI is InChI=1S/C60H44F2N4/c61-43-23-31-49(32-24-43)63(51-35-37-59-55(39-51)53-15-7-9-17-57(53)65(59)45-11-3-1-4-12-45)47-27-19-41(20-28-47)42-21-29-48(30-22-42)64(50-33-25-44(62)26-34-50)52-36-38-60-56(40-52)54-16-8-10-18-58(54)66(60)46-13-5-2-6-14-46/h1-13,15-31,33-40,46,49H,14,32H2. The maximum Gasteiger partial charge on any atom is 0.123 e. The lowest BCUT2D eigenvalue weighted by molar-refractivity contribution is 0.628. The number of fused-ring (bicyclic) bond motifs is 6. The molecule has 0 saturated carbocycles. The van der Waals surface area contributed by atoms with Crippen LogP contribution in [0.3, 0.4) is 0 Å². The minimum atomic E-state index is -0.275. The average Bonchev–Trinajstić information content (AvgIpc) is 3.89. The van der Waals surface area contributed by atoms with Crippen molar-refractivity contribution in [3.63, 3.8) is 0 Å². The molecule has 2 aromatic heterocycles. The van der Waals surface area contributed by atoms with Gasteiger partial charge >= 0.3 is 0 Å². The summed E-state index contributed by atoms with van der Waals surface area (Å²) in [6, 6.07) is 65.1. The second-order valence-electron chi connectivity index (χ2n) is 17.1. The molecular formula is C60H44F2N4. The molecule has 4 nitrogen and oxygen atoms in total. The second kappa shape index (κ2) is 16.4. The molecular weight excluding hydrogens is 815 g/mol. The number of para-hydroxylation sites is 3. The highest BCUT2D eigenvalue weighted by atomic mass is 19.1. The van der Waals surface area contributed by atoms with Gasteiger partial charge in [0.25, 0.3) is 0 Å². The third kappa shape index (κ3) is 6.90. The molecule has 6 heteroatoms. The van der Waals surface area contributed by atoms with Gasteiger partial charge in [0, 0.05) is 66.7 Å². The van der Waals surface area contributed by atoms with Gasteiger partial charge in [-0.1, -0.05) is 109 Å². The van der Waals surface area contributed by atoms with Crippen LogP contribution in [0.15, 0.2) is 236 Å². The van der Waals surface area contributed by atoms with E-state index in [9.17, 15) is 8.78 Å². The van der Waals surface area contributed by atoms with E-state index in [1.165, 1.54) is 39.3 Å². The summed E-state index contributed by atoms with van der Waals surface area (Å²) in [6.45, 7) is 0. The zero-order valence-electron chi connectivity index (χ0n) is 36.1. The Balaban J connectivity index is 0.898. The van der Waals surface area contributed by atoms with Gasteiger partial charge in [-0.2, -0.15) is 0 Å². The molecule has 0 spiro atoms. The average molecular weight is 859 g/mol. The van der Waals surface area contributed by atoms with Gasteiger partial charge in [-0.3, -0.25) is 0 Å². The number of anilines is 5. The van der Waals surface area contributed by atoms with Crippen LogP contribution in [-0.4, -0.2) is 15.2 Å². The van der Waals surface area contributed by atoms with Crippen molar-refractivity contribution in [3.05, 3.63) is 242 Å². The number of allylic oxidation sites excluding steroid dienone is 6. The van der Waals surface area contributed by atoms with Crippen LogP contribution < -0.4 is 9.80 Å². The van der Waals surface area contributed by atoms with E-state index in [2.05, 4.69) is 201 Å². The van der Waals surface area contributed by atoms with Crippen molar-refractivity contribution in [1.82, 2.24) is 9.13 Å². The maximum atomic E-state index is 14.4. The van der Waals surface area contributed by atoms with Gasteiger partial charge in [-0.05, 0) is 145 Å². The molecule has 0 amide bonds. The fourth-order valence-electron chi connectivity index (χ4n) is 10.2. The summed E-state index contributed by atoms with van der Waals surface area (Å²) in [5.41, 5.74) is 12.8. The predicted molar refractivity (Wildman–Crippen MR) is 271 cm³/mol.